The van der Waals surface area contributed by atoms with Gasteiger partial charge in [0.05, 0.1) is 18.3 Å². The first-order valence-electron chi connectivity index (χ1n) is 8.71. The zero-order valence-electron chi connectivity index (χ0n) is 15.7. The van der Waals surface area contributed by atoms with Crippen LogP contribution < -0.4 is 10.2 Å². The van der Waals surface area contributed by atoms with Crippen LogP contribution in [0, 0.1) is 0 Å². The lowest BCUT2D eigenvalue weighted by molar-refractivity contribution is 0.00578. The van der Waals surface area contributed by atoms with Crippen molar-refractivity contribution in [2.45, 2.75) is 38.9 Å². The summed E-state index contributed by atoms with van der Waals surface area (Å²) in [5, 5.41) is 5.22. The molecule has 0 atom stereocenters. The summed E-state index contributed by atoms with van der Waals surface area (Å²) in [6.07, 6.45) is 0. The van der Waals surface area contributed by atoms with Crippen LogP contribution in [-0.2, 0) is 9.31 Å². The molecule has 2 aromatic carbocycles. The summed E-state index contributed by atoms with van der Waals surface area (Å²) in [7, 11) is 1.15. The molecule has 0 spiro atoms. The zero-order chi connectivity index (χ0) is 18.5. The van der Waals surface area contributed by atoms with Gasteiger partial charge in [0.25, 0.3) is 0 Å². The Morgan fingerprint density at radius 1 is 0.923 bits per heavy atom. The van der Waals surface area contributed by atoms with E-state index in [0.29, 0.717) is 5.58 Å². The molecule has 6 heteroatoms. The molecule has 0 amide bonds. The van der Waals surface area contributed by atoms with Gasteiger partial charge in [-0.1, -0.05) is 29.4 Å². The van der Waals surface area contributed by atoms with Crippen LogP contribution >= 0.6 is 0 Å². The van der Waals surface area contributed by atoms with E-state index in [9.17, 15) is 0 Å². The van der Waals surface area contributed by atoms with Gasteiger partial charge < -0.3 is 18.6 Å². The predicted molar refractivity (Wildman–Crippen MR) is 102 cm³/mol. The van der Waals surface area contributed by atoms with Crippen molar-refractivity contribution in [1.29, 1.82) is 0 Å². The fourth-order valence-electron chi connectivity index (χ4n) is 3.17. The van der Waals surface area contributed by atoms with Gasteiger partial charge in [-0.05, 0) is 45.9 Å². The fourth-order valence-corrected chi connectivity index (χ4v) is 3.17. The number of rotatable bonds is 3. The van der Waals surface area contributed by atoms with Crippen LogP contribution in [0.5, 0.6) is 5.75 Å². The van der Waals surface area contributed by atoms with E-state index < -0.39 is 18.3 Å². The van der Waals surface area contributed by atoms with E-state index in [4.69, 9.17) is 18.6 Å². The molecular weight excluding hydrogens is 329 g/mol. The highest BCUT2D eigenvalue weighted by Crippen LogP contribution is 2.38. The molecule has 1 aromatic heterocycles. The Hall–Kier alpha value is -2.31. The van der Waals surface area contributed by atoms with E-state index in [-0.39, 0.29) is 0 Å². The van der Waals surface area contributed by atoms with E-state index in [1.54, 1.807) is 7.11 Å². The number of para-hydroxylation sites is 2. The molecule has 0 aliphatic carbocycles. The predicted octanol–water partition coefficient (Wildman–Crippen LogP) is 3.80. The average molecular weight is 351 g/mol. The van der Waals surface area contributed by atoms with Crippen molar-refractivity contribution in [2.75, 3.05) is 7.11 Å². The van der Waals surface area contributed by atoms with Gasteiger partial charge in [-0.25, -0.2) is 0 Å². The highest BCUT2D eigenvalue weighted by Gasteiger charge is 2.52. The summed E-state index contributed by atoms with van der Waals surface area (Å²) < 4.78 is 23.6. The van der Waals surface area contributed by atoms with Crippen LogP contribution in [-0.4, -0.2) is 30.6 Å². The maximum atomic E-state index is 6.18. The van der Waals surface area contributed by atoms with Gasteiger partial charge in [-0.3, -0.25) is 0 Å². The molecule has 1 fully saturated rings. The van der Waals surface area contributed by atoms with Crippen LogP contribution in [0.1, 0.15) is 27.7 Å². The molecular formula is C20H22BNO4. The summed E-state index contributed by atoms with van der Waals surface area (Å²) in [5.41, 5.74) is 2.33. The van der Waals surface area contributed by atoms with E-state index in [1.807, 2.05) is 70.2 Å². The highest BCUT2D eigenvalue weighted by molar-refractivity contribution is 6.64. The largest absolute Gasteiger partial charge is 0.498 e. The van der Waals surface area contributed by atoms with Crippen molar-refractivity contribution in [3.63, 3.8) is 0 Å². The quantitative estimate of drug-likeness (QED) is 0.672. The number of hydrogen-bond acceptors (Lipinski definition) is 5. The number of nitrogens with zero attached hydrogens (tertiary/aromatic N) is 1. The summed E-state index contributed by atoms with van der Waals surface area (Å²) in [6, 6.07) is 13.7. The van der Waals surface area contributed by atoms with E-state index >= 15 is 0 Å². The van der Waals surface area contributed by atoms with Gasteiger partial charge in [0.2, 0.25) is 0 Å². The molecule has 0 N–H and O–H groups in total. The minimum Gasteiger partial charge on any atom is -0.496 e. The van der Waals surface area contributed by atoms with Gasteiger partial charge in [0, 0.05) is 16.4 Å². The Labute approximate surface area is 153 Å². The van der Waals surface area contributed by atoms with Crippen LogP contribution in [0.4, 0.5) is 0 Å². The van der Waals surface area contributed by atoms with Gasteiger partial charge in [0.15, 0.2) is 5.58 Å². The molecule has 2 heterocycles. The molecule has 5 nitrogen and oxygen atoms in total. The fraction of sp³-hybridized carbons (Fsp3) is 0.350. The van der Waals surface area contributed by atoms with E-state index in [0.717, 1.165) is 27.9 Å². The van der Waals surface area contributed by atoms with Crippen LogP contribution in [0.25, 0.3) is 22.2 Å². The standard InChI is InChI=1S/C20H22BNO4/c1-19(2)20(3,4)26-21(25-19)15-11-8-10-14-17(22-24-18(14)15)13-9-6-7-12-16(13)23-5/h6-12H,1-5H3. The third-order valence-electron chi connectivity index (χ3n) is 5.40. The molecule has 0 saturated carbocycles. The second kappa shape index (κ2) is 5.86. The number of benzene rings is 2. The van der Waals surface area contributed by atoms with Crippen molar-refractivity contribution < 1.29 is 18.6 Å². The highest BCUT2D eigenvalue weighted by atomic mass is 16.7. The first-order valence-corrected chi connectivity index (χ1v) is 8.71. The molecule has 4 rings (SSSR count). The third-order valence-corrected chi connectivity index (χ3v) is 5.40. The minimum absolute atomic E-state index is 0.411. The van der Waals surface area contributed by atoms with Crippen molar-refractivity contribution in [2.24, 2.45) is 0 Å². The van der Waals surface area contributed by atoms with E-state index in [1.165, 1.54) is 0 Å². The SMILES string of the molecule is COc1ccccc1-c1noc2c(B3OC(C)(C)C(C)(C)O3)cccc12. The molecule has 1 aliphatic heterocycles. The van der Waals surface area contributed by atoms with E-state index in [2.05, 4.69) is 5.16 Å². The van der Waals surface area contributed by atoms with Gasteiger partial charge in [-0.2, -0.15) is 0 Å². The summed E-state index contributed by atoms with van der Waals surface area (Å²) in [6.45, 7) is 8.14. The molecule has 0 unspecified atom stereocenters. The number of hydrogen-bond donors (Lipinski definition) is 0. The Kier molecular flexibility index (Phi) is 3.86. The molecule has 134 valence electrons. The van der Waals surface area contributed by atoms with Gasteiger partial charge in [-0.15, -0.1) is 0 Å². The topological polar surface area (TPSA) is 53.7 Å². The number of fused-ring (bicyclic) bond motifs is 1. The van der Waals surface area contributed by atoms with Gasteiger partial charge >= 0.3 is 7.12 Å². The lowest BCUT2D eigenvalue weighted by atomic mass is 9.78. The second-order valence-corrected chi connectivity index (χ2v) is 7.54. The zero-order valence-corrected chi connectivity index (χ0v) is 15.7. The monoisotopic (exact) mass is 351 g/mol. The number of methoxy groups -OCH3 is 1. The van der Waals surface area contributed by atoms with Crippen molar-refractivity contribution in [3.8, 4) is 17.0 Å². The average Bonchev–Trinajstić information content (AvgIpc) is 3.13. The van der Waals surface area contributed by atoms with Crippen molar-refractivity contribution in [3.05, 3.63) is 42.5 Å². The van der Waals surface area contributed by atoms with Crippen LogP contribution in [0.3, 0.4) is 0 Å². The van der Waals surface area contributed by atoms with Crippen LogP contribution in [0.15, 0.2) is 47.0 Å². The minimum atomic E-state index is -0.498. The normalized spacial score (nSPS) is 18.4. The summed E-state index contributed by atoms with van der Waals surface area (Å²) in [5.74, 6) is 0.753. The molecule has 1 aliphatic rings. The molecule has 1 saturated heterocycles. The molecule has 26 heavy (non-hydrogen) atoms. The maximum Gasteiger partial charge on any atom is 0.498 e. The van der Waals surface area contributed by atoms with Crippen molar-refractivity contribution in [1.82, 2.24) is 5.16 Å². The smallest absolute Gasteiger partial charge is 0.496 e. The first-order chi connectivity index (χ1) is 12.3. The Bertz CT molecular complexity index is 947. The number of ether oxygens (including phenoxy) is 1. The van der Waals surface area contributed by atoms with Gasteiger partial charge in [0.1, 0.15) is 11.4 Å². The Morgan fingerprint density at radius 2 is 1.62 bits per heavy atom. The third kappa shape index (κ3) is 2.52. The van der Waals surface area contributed by atoms with Crippen LogP contribution in [0.2, 0.25) is 0 Å². The lowest BCUT2D eigenvalue weighted by Gasteiger charge is -2.32. The maximum absolute atomic E-state index is 6.18. The molecule has 3 aromatic rings. The van der Waals surface area contributed by atoms with Crippen molar-refractivity contribution >= 4 is 23.6 Å². The molecule has 0 radical (unpaired) electrons. The summed E-state index contributed by atoms with van der Waals surface area (Å²) in [4.78, 5) is 0. The first kappa shape index (κ1) is 17.1. The summed E-state index contributed by atoms with van der Waals surface area (Å²) >= 11 is 0. The molecule has 0 bridgehead atoms. The Morgan fingerprint density at radius 3 is 2.31 bits per heavy atom. The number of aromatic nitrogens is 1. The second-order valence-electron chi connectivity index (χ2n) is 7.54. The lowest BCUT2D eigenvalue weighted by Crippen LogP contribution is -2.41. The Balaban J connectivity index is 1.82.